The zero-order valence-electron chi connectivity index (χ0n) is 9.05. The maximum absolute atomic E-state index is 11.2. The molecule has 90 valence electrons. The molecule has 0 radical (unpaired) electrons. The smallest absolute Gasteiger partial charge is 0.241 e. The van der Waals surface area contributed by atoms with Crippen molar-refractivity contribution < 1.29 is 17.9 Å². The van der Waals surface area contributed by atoms with Gasteiger partial charge in [-0.25, -0.2) is 13.6 Å². The van der Waals surface area contributed by atoms with Crippen LogP contribution in [0.5, 0.6) is 5.75 Å². The van der Waals surface area contributed by atoms with Crippen molar-refractivity contribution in [3.05, 3.63) is 24.3 Å². The first-order chi connectivity index (χ1) is 7.55. The van der Waals surface area contributed by atoms with E-state index in [1.807, 2.05) is 6.92 Å². The van der Waals surface area contributed by atoms with Crippen LogP contribution in [0.15, 0.2) is 29.2 Å². The summed E-state index contributed by atoms with van der Waals surface area (Å²) in [5.74, 6) is 0.254. The van der Waals surface area contributed by atoms with Crippen molar-refractivity contribution in [3.8, 4) is 5.75 Å². The zero-order valence-corrected chi connectivity index (χ0v) is 9.87. The number of rotatable bonds is 6. The van der Waals surface area contributed by atoms with E-state index in [1.165, 1.54) is 6.07 Å². The van der Waals surface area contributed by atoms with Gasteiger partial charge in [0.2, 0.25) is 10.0 Å². The third-order valence-corrected chi connectivity index (χ3v) is 2.80. The lowest BCUT2D eigenvalue weighted by molar-refractivity contribution is 0.109. The molecule has 1 rings (SSSR count). The topological polar surface area (TPSA) is 78.6 Å². The Morgan fingerprint density at radius 2 is 1.94 bits per heavy atom. The summed E-state index contributed by atoms with van der Waals surface area (Å²) in [6.45, 7) is 3.17. The number of benzene rings is 1. The highest BCUT2D eigenvalue weighted by Crippen LogP contribution is 2.21. The maximum Gasteiger partial charge on any atom is 0.241 e. The Bertz CT molecular complexity index is 430. The average molecular weight is 245 g/mol. The third-order valence-electron chi connectivity index (χ3n) is 1.85. The molecule has 0 fully saturated rings. The molecule has 0 atom stereocenters. The molecule has 0 unspecified atom stereocenters. The predicted octanol–water partition coefficient (Wildman–Crippen LogP) is 0.749. The Kier molecular flexibility index (Phi) is 4.72. The lowest BCUT2D eigenvalue weighted by Gasteiger charge is -2.09. The normalized spacial score (nSPS) is 11.4. The van der Waals surface area contributed by atoms with Crippen molar-refractivity contribution in [2.75, 3.05) is 19.8 Å². The number of hydrogen-bond donors (Lipinski definition) is 1. The fourth-order valence-electron chi connectivity index (χ4n) is 1.16. The first-order valence-corrected chi connectivity index (χ1v) is 6.42. The van der Waals surface area contributed by atoms with Gasteiger partial charge in [0.15, 0.2) is 0 Å². The number of ether oxygens (including phenoxy) is 2. The summed E-state index contributed by atoms with van der Waals surface area (Å²) in [5, 5.41) is 5.05. The zero-order chi connectivity index (χ0) is 12.0. The van der Waals surface area contributed by atoms with Crippen LogP contribution in [-0.2, 0) is 14.8 Å². The van der Waals surface area contributed by atoms with Gasteiger partial charge in [0.1, 0.15) is 17.3 Å². The van der Waals surface area contributed by atoms with E-state index in [-0.39, 0.29) is 10.6 Å². The summed E-state index contributed by atoms with van der Waals surface area (Å²) in [7, 11) is -3.74. The number of hydrogen-bond acceptors (Lipinski definition) is 4. The van der Waals surface area contributed by atoms with Crippen LogP contribution in [0.1, 0.15) is 6.92 Å². The van der Waals surface area contributed by atoms with Crippen LogP contribution in [-0.4, -0.2) is 28.2 Å². The second-order valence-electron chi connectivity index (χ2n) is 3.04. The minimum absolute atomic E-state index is 0.00787. The van der Waals surface area contributed by atoms with Crippen molar-refractivity contribution in [3.63, 3.8) is 0 Å². The number of primary sulfonamides is 1. The molecule has 0 aromatic heterocycles. The number of nitrogens with two attached hydrogens (primary N) is 1. The van der Waals surface area contributed by atoms with Crippen LogP contribution < -0.4 is 9.88 Å². The van der Waals surface area contributed by atoms with Gasteiger partial charge in [0, 0.05) is 6.61 Å². The molecule has 0 heterocycles. The maximum atomic E-state index is 11.2. The van der Waals surface area contributed by atoms with E-state index in [0.29, 0.717) is 19.8 Å². The van der Waals surface area contributed by atoms with Gasteiger partial charge in [0.25, 0.3) is 0 Å². The molecule has 0 aliphatic carbocycles. The highest BCUT2D eigenvalue weighted by atomic mass is 32.2. The molecule has 0 aliphatic rings. The fourth-order valence-corrected chi connectivity index (χ4v) is 1.83. The first-order valence-electron chi connectivity index (χ1n) is 4.88. The standard InChI is InChI=1S/C10H15NO4S/c1-2-14-7-8-15-9-5-3-4-6-10(9)16(11,12)13/h3-6H,2,7-8H2,1H3,(H2,11,12,13). The molecule has 5 nitrogen and oxygen atoms in total. The average Bonchev–Trinajstić information content (AvgIpc) is 2.24. The molecule has 0 saturated carbocycles. The minimum Gasteiger partial charge on any atom is -0.490 e. The summed E-state index contributed by atoms with van der Waals surface area (Å²) >= 11 is 0. The predicted molar refractivity (Wildman–Crippen MR) is 59.8 cm³/mol. The largest absolute Gasteiger partial charge is 0.490 e. The van der Waals surface area contributed by atoms with E-state index in [0.717, 1.165) is 0 Å². The lowest BCUT2D eigenvalue weighted by Crippen LogP contribution is -2.15. The first kappa shape index (κ1) is 13.0. The van der Waals surface area contributed by atoms with Crippen molar-refractivity contribution in [2.24, 2.45) is 5.14 Å². The van der Waals surface area contributed by atoms with Crippen molar-refractivity contribution in [1.82, 2.24) is 0 Å². The molecule has 6 heteroatoms. The van der Waals surface area contributed by atoms with E-state index in [1.54, 1.807) is 18.2 Å². The molecule has 0 spiro atoms. The summed E-state index contributed by atoms with van der Waals surface area (Å²) in [5.41, 5.74) is 0. The van der Waals surface area contributed by atoms with Crippen LogP contribution in [0.4, 0.5) is 0 Å². The van der Waals surface area contributed by atoms with Gasteiger partial charge in [-0.15, -0.1) is 0 Å². The third kappa shape index (κ3) is 3.80. The molecule has 0 aliphatic heterocycles. The van der Waals surface area contributed by atoms with Gasteiger partial charge in [-0.05, 0) is 19.1 Å². The van der Waals surface area contributed by atoms with E-state index in [9.17, 15) is 8.42 Å². The second kappa shape index (κ2) is 5.83. The van der Waals surface area contributed by atoms with Crippen molar-refractivity contribution in [2.45, 2.75) is 11.8 Å². The molecule has 1 aromatic rings. The molecular weight excluding hydrogens is 230 g/mol. The van der Waals surface area contributed by atoms with E-state index < -0.39 is 10.0 Å². The summed E-state index contributed by atoms with van der Waals surface area (Å²) in [6.07, 6.45) is 0. The molecule has 0 saturated heterocycles. The van der Waals surface area contributed by atoms with Gasteiger partial charge < -0.3 is 9.47 Å². The Morgan fingerprint density at radius 3 is 2.56 bits per heavy atom. The Morgan fingerprint density at radius 1 is 1.25 bits per heavy atom. The number of para-hydroxylation sites is 1. The molecule has 2 N–H and O–H groups in total. The quantitative estimate of drug-likeness (QED) is 0.750. The van der Waals surface area contributed by atoms with Crippen LogP contribution in [0.3, 0.4) is 0 Å². The van der Waals surface area contributed by atoms with Gasteiger partial charge in [-0.2, -0.15) is 0 Å². The molecule has 0 amide bonds. The van der Waals surface area contributed by atoms with Crippen molar-refractivity contribution in [1.29, 1.82) is 0 Å². The van der Waals surface area contributed by atoms with E-state index in [2.05, 4.69) is 0 Å². The second-order valence-corrected chi connectivity index (χ2v) is 4.57. The highest BCUT2D eigenvalue weighted by Gasteiger charge is 2.13. The van der Waals surface area contributed by atoms with E-state index >= 15 is 0 Å². The molecule has 0 bridgehead atoms. The highest BCUT2D eigenvalue weighted by molar-refractivity contribution is 7.89. The molecule has 1 aromatic carbocycles. The monoisotopic (exact) mass is 245 g/mol. The number of sulfonamides is 1. The minimum atomic E-state index is -3.74. The Hall–Kier alpha value is -1.11. The molecular formula is C10H15NO4S. The van der Waals surface area contributed by atoms with Gasteiger partial charge in [-0.3, -0.25) is 0 Å². The van der Waals surface area contributed by atoms with Gasteiger partial charge in [0.05, 0.1) is 6.61 Å². The summed E-state index contributed by atoms with van der Waals surface area (Å²) in [4.78, 5) is -0.00787. The van der Waals surface area contributed by atoms with Crippen LogP contribution in [0, 0.1) is 0 Å². The Labute approximate surface area is 95.2 Å². The van der Waals surface area contributed by atoms with Gasteiger partial charge >= 0.3 is 0 Å². The van der Waals surface area contributed by atoms with Crippen LogP contribution >= 0.6 is 0 Å². The lowest BCUT2D eigenvalue weighted by atomic mass is 10.3. The van der Waals surface area contributed by atoms with Crippen LogP contribution in [0.25, 0.3) is 0 Å². The molecule has 16 heavy (non-hydrogen) atoms. The Balaban J connectivity index is 2.73. The van der Waals surface area contributed by atoms with Crippen molar-refractivity contribution >= 4 is 10.0 Å². The summed E-state index contributed by atoms with van der Waals surface area (Å²) < 4.78 is 32.8. The van der Waals surface area contributed by atoms with Gasteiger partial charge in [-0.1, -0.05) is 12.1 Å². The summed E-state index contributed by atoms with van der Waals surface area (Å²) in [6, 6.07) is 6.25. The SMILES string of the molecule is CCOCCOc1ccccc1S(N)(=O)=O. The fraction of sp³-hybridized carbons (Fsp3) is 0.400. The van der Waals surface area contributed by atoms with E-state index in [4.69, 9.17) is 14.6 Å². The van der Waals surface area contributed by atoms with Crippen LogP contribution in [0.2, 0.25) is 0 Å².